The van der Waals surface area contributed by atoms with E-state index in [1.807, 2.05) is 30.3 Å². The number of hydrogen-bond acceptors (Lipinski definition) is 3. The Hall–Kier alpha value is -1.94. The van der Waals surface area contributed by atoms with Crippen LogP contribution in [0.25, 0.3) is 10.2 Å². The Bertz CT molecular complexity index is 653. The van der Waals surface area contributed by atoms with E-state index < -0.39 is 0 Å². The molecule has 0 aliphatic carbocycles. The third kappa shape index (κ3) is 2.07. The molecule has 0 fully saturated rings. The minimum Gasteiger partial charge on any atom is -0.332 e. The minimum atomic E-state index is -0.183. The maximum absolute atomic E-state index is 13.4. The predicted octanol–water partition coefficient (Wildman–Crippen LogP) is 4.49. The Morgan fingerprint density at radius 3 is 2.72 bits per heavy atom. The molecule has 3 rings (SSSR count). The second-order valence-corrected chi connectivity index (χ2v) is 5.11. The molecule has 2 aromatic carbocycles. The lowest BCUT2D eigenvalue weighted by atomic mass is 10.2. The number of hydrogen-bond donors (Lipinski definition) is 1. The fourth-order valence-corrected chi connectivity index (χ4v) is 2.64. The number of nitrogens with zero attached hydrogens (tertiary/aromatic N) is 1. The second kappa shape index (κ2) is 4.38. The van der Waals surface area contributed by atoms with E-state index in [1.54, 1.807) is 19.1 Å². The zero-order chi connectivity index (χ0) is 12.5. The summed E-state index contributed by atoms with van der Waals surface area (Å²) < 4.78 is 14.3. The number of aryl methyl sites for hydroxylation is 1. The van der Waals surface area contributed by atoms with Gasteiger partial charge in [0.1, 0.15) is 5.82 Å². The summed E-state index contributed by atoms with van der Waals surface area (Å²) >= 11 is 1.45. The highest BCUT2D eigenvalue weighted by molar-refractivity contribution is 7.22. The molecule has 0 aliphatic heterocycles. The Morgan fingerprint density at radius 1 is 1.17 bits per heavy atom. The fourth-order valence-electron chi connectivity index (χ4n) is 1.75. The van der Waals surface area contributed by atoms with E-state index in [4.69, 9.17) is 0 Å². The third-order valence-electron chi connectivity index (χ3n) is 2.69. The molecule has 1 N–H and O–H groups in total. The second-order valence-electron chi connectivity index (χ2n) is 4.08. The van der Waals surface area contributed by atoms with Crippen LogP contribution in [0.5, 0.6) is 0 Å². The molecule has 0 atom stereocenters. The molecule has 2 nitrogen and oxygen atoms in total. The normalized spacial score (nSPS) is 10.8. The molecule has 0 radical (unpaired) electrons. The van der Waals surface area contributed by atoms with Crippen LogP contribution >= 0.6 is 11.3 Å². The SMILES string of the molecule is Cc1cc2nc(Nc3ccccc3)sc2cc1F. The molecule has 90 valence electrons. The Labute approximate surface area is 108 Å². The quantitative estimate of drug-likeness (QED) is 0.732. The van der Waals surface area contributed by atoms with Gasteiger partial charge in [-0.1, -0.05) is 29.5 Å². The van der Waals surface area contributed by atoms with Crippen LogP contribution in [0, 0.1) is 12.7 Å². The van der Waals surface area contributed by atoms with Crippen molar-refractivity contribution in [1.82, 2.24) is 4.98 Å². The van der Waals surface area contributed by atoms with Gasteiger partial charge in [-0.2, -0.15) is 0 Å². The van der Waals surface area contributed by atoms with Crippen LogP contribution in [0.4, 0.5) is 15.2 Å². The number of aromatic nitrogens is 1. The molecule has 0 bridgehead atoms. The van der Waals surface area contributed by atoms with Gasteiger partial charge in [0.15, 0.2) is 5.13 Å². The van der Waals surface area contributed by atoms with Crippen LogP contribution in [0.2, 0.25) is 0 Å². The zero-order valence-corrected chi connectivity index (χ0v) is 10.6. The summed E-state index contributed by atoms with van der Waals surface area (Å²) in [7, 11) is 0. The molecule has 0 unspecified atom stereocenters. The summed E-state index contributed by atoms with van der Waals surface area (Å²) in [5.74, 6) is -0.183. The Morgan fingerprint density at radius 2 is 1.94 bits per heavy atom. The van der Waals surface area contributed by atoms with Crippen LogP contribution in [0.15, 0.2) is 42.5 Å². The van der Waals surface area contributed by atoms with Crippen LogP contribution in [0.1, 0.15) is 5.56 Å². The van der Waals surface area contributed by atoms with Gasteiger partial charge in [0.25, 0.3) is 0 Å². The van der Waals surface area contributed by atoms with Crippen molar-refractivity contribution in [3.8, 4) is 0 Å². The summed E-state index contributed by atoms with van der Waals surface area (Å²) in [6.07, 6.45) is 0. The average molecular weight is 258 g/mol. The lowest BCUT2D eigenvalue weighted by Gasteiger charge is -1.99. The van der Waals surface area contributed by atoms with Gasteiger partial charge in [0.05, 0.1) is 10.2 Å². The maximum atomic E-state index is 13.4. The van der Waals surface area contributed by atoms with Gasteiger partial charge in [-0.25, -0.2) is 9.37 Å². The van der Waals surface area contributed by atoms with Crippen molar-refractivity contribution in [3.63, 3.8) is 0 Å². The summed E-state index contributed by atoms with van der Waals surface area (Å²) in [4.78, 5) is 4.45. The fraction of sp³-hybridized carbons (Fsp3) is 0.0714. The van der Waals surface area contributed by atoms with E-state index in [0.717, 1.165) is 21.0 Å². The van der Waals surface area contributed by atoms with Crippen molar-refractivity contribution in [3.05, 3.63) is 53.8 Å². The van der Waals surface area contributed by atoms with E-state index in [2.05, 4.69) is 10.3 Å². The first-order valence-corrected chi connectivity index (χ1v) is 6.43. The standard InChI is InChI=1S/C14H11FN2S/c1-9-7-12-13(8-11(9)15)18-14(17-12)16-10-5-3-2-4-6-10/h2-8H,1H3,(H,16,17). The highest BCUT2D eigenvalue weighted by Gasteiger charge is 2.07. The van der Waals surface area contributed by atoms with Crippen molar-refractivity contribution >= 4 is 32.4 Å². The van der Waals surface area contributed by atoms with Crippen molar-refractivity contribution in [2.75, 3.05) is 5.32 Å². The first-order valence-electron chi connectivity index (χ1n) is 5.61. The predicted molar refractivity (Wildman–Crippen MR) is 74.0 cm³/mol. The number of fused-ring (bicyclic) bond motifs is 1. The molecular weight excluding hydrogens is 247 g/mol. The number of thiazole rings is 1. The van der Waals surface area contributed by atoms with Crippen LogP contribution in [0.3, 0.4) is 0 Å². The smallest absolute Gasteiger partial charge is 0.188 e. The van der Waals surface area contributed by atoms with Crippen molar-refractivity contribution in [2.24, 2.45) is 0 Å². The first kappa shape index (κ1) is 11.2. The summed E-state index contributed by atoms with van der Waals surface area (Å²) in [5, 5.41) is 4.00. The number of halogens is 1. The topological polar surface area (TPSA) is 24.9 Å². The minimum absolute atomic E-state index is 0.183. The highest BCUT2D eigenvalue weighted by Crippen LogP contribution is 2.29. The van der Waals surface area contributed by atoms with E-state index in [0.29, 0.717) is 5.56 Å². The van der Waals surface area contributed by atoms with Gasteiger partial charge in [0.2, 0.25) is 0 Å². The van der Waals surface area contributed by atoms with E-state index >= 15 is 0 Å². The molecule has 1 heterocycles. The molecular formula is C14H11FN2S. The molecule has 0 amide bonds. The van der Waals surface area contributed by atoms with Crippen LogP contribution < -0.4 is 5.32 Å². The average Bonchev–Trinajstić information content (AvgIpc) is 2.72. The van der Waals surface area contributed by atoms with Gasteiger partial charge in [-0.3, -0.25) is 0 Å². The first-order chi connectivity index (χ1) is 8.72. The lowest BCUT2D eigenvalue weighted by molar-refractivity contribution is 0.620. The van der Waals surface area contributed by atoms with E-state index in [9.17, 15) is 4.39 Å². The molecule has 18 heavy (non-hydrogen) atoms. The number of nitrogens with one attached hydrogen (secondary N) is 1. The maximum Gasteiger partial charge on any atom is 0.188 e. The van der Waals surface area contributed by atoms with Gasteiger partial charge in [0, 0.05) is 5.69 Å². The van der Waals surface area contributed by atoms with Crippen molar-refractivity contribution in [2.45, 2.75) is 6.92 Å². The van der Waals surface area contributed by atoms with Crippen LogP contribution in [-0.4, -0.2) is 4.98 Å². The van der Waals surface area contributed by atoms with Gasteiger partial charge >= 0.3 is 0 Å². The Balaban J connectivity index is 1.99. The molecule has 0 spiro atoms. The largest absolute Gasteiger partial charge is 0.332 e. The summed E-state index contributed by atoms with van der Waals surface area (Å²) in [6, 6.07) is 13.1. The Kier molecular flexibility index (Phi) is 2.72. The zero-order valence-electron chi connectivity index (χ0n) is 9.77. The monoisotopic (exact) mass is 258 g/mol. The lowest BCUT2D eigenvalue weighted by Crippen LogP contribution is -1.87. The molecule has 0 aliphatic rings. The number of benzene rings is 2. The third-order valence-corrected chi connectivity index (χ3v) is 3.63. The van der Waals surface area contributed by atoms with Gasteiger partial charge in [-0.15, -0.1) is 0 Å². The molecule has 3 aromatic rings. The molecule has 0 saturated carbocycles. The van der Waals surface area contributed by atoms with Crippen LogP contribution in [-0.2, 0) is 0 Å². The molecule has 1 aromatic heterocycles. The summed E-state index contributed by atoms with van der Waals surface area (Å²) in [5.41, 5.74) is 2.44. The van der Waals surface area contributed by atoms with E-state index in [-0.39, 0.29) is 5.82 Å². The van der Waals surface area contributed by atoms with Crippen molar-refractivity contribution in [1.29, 1.82) is 0 Å². The van der Waals surface area contributed by atoms with Crippen molar-refractivity contribution < 1.29 is 4.39 Å². The highest BCUT2D eigenvalue weighted by atomic mass is 32.1. The molecule has 4 heteroatoms. The van der Waals surface area contributed by atoms with Gasteiger partial charge < -0.3 is 5.32 Å². The number of para-hydroxylation sites is 1. The summed E-state index contributed by atoms with van der Waals surface area (Å²) in [6.45, 7) is 1.75. The number of rotatable bonds is 2. The molecule has 0 saturated heterocycles. The van der Waals surface area contributed by atoms with E-state index in [1.165, 1.54) is 11.3 Å². The van der Waals surface area contributed by atoms with Gasteiger partial charge in [-0.05, 0) is 36.8 Å². The number of anilines is 2.